The predicted molar refractivity (Wildman–Crippen MR) is 64.0 cm³/mol. The van der Waals surface area contributed by atoms with Gasteiger partial charge >= 0.3 is 5.97 Å². The van der Waals surface area contributed by atoms with Gasteiger partial charge in [-0.15, -0.1) is 0 Å². The lowest BCUT2D eigenvalue weighted by Gasteiger charge is -2.08. The zero-order valence-electron chi connectivity index (χ0n) is 10.3. The van der Waals surface area contributed by atoms with Crippen LogP contribution in [0.3, 0.4) is 0 Å². The van der Waals surface area contributed by atoms with Crippen LogP contribution in [0.25, 0.3) is 0 Å². The molecule has 3 heteroatoms. The van der Waals surface area contributed by atoms with Crippen molar-refractivity contribution in [3.05, 3.63) is 29.8 Å². The molecule has 0 radical (unpaired) electrons. The third-order valence-electron chi connectivity index (χ3n) is 3.24. The van der Waals surface area contributed by atoms with Gasteiger partial charge in [0.2, 0.25) is 0 Å². The molecule has 0 spiro atoms. The molecule has 1 aromatic carbocycles. The van der Waals surface area contributed by atoms with Gasteiger partial charge in [-0.3, -0.25) is 9.59 Å². The first kappa shape index (κ1) is 11.8. The van der Waals surface area contributed by atoms with Gasteiger partial charge in [-0.25, -0.2) is 0 Å². The first-order valence-electron chi connectivity index (χ1n) is 5.73. The summed E-state index contributed by atoms with van der Waals surface area (Å²) in [5.74, 6) is 0.0964. The summed E-state index contributed by atoms with van der Waals surface area (Å²) in [5, 5.41) is 0. The van der Waals surface area contributed by atoms with Crippen LogP contribution in [0.1, 0.15) is 37.6 Å². The van der Waals surface area contributed by atoms with Crippen LogP contribution in [-0.2, 0) is 4.79 Å². The molecule has 0 saturated heterocycles. The molecule has 0 aromatic heterocycles. The highest BCUT2D eigenvalue weighted by atomic mass is 16.5. The third-order valence-corrected chi connectivity index (χ3v) is 3.24. The second kappa shape index (κ2) is 3.99. The van der Waals surface area contributed by atoms with Gasteiger partial charge in [0.05, 0.1) is 5.56 Å². The summed E-state index contributed by atoms with van der Waals surface area (Å²) in [6, 6.07) is 6.92. The average molecular weight is 232 g/mol. The normalized spacial score (nSPS) is 20.8. The van der Waals surface area contributed by atoms with Crippen LogP contribution in [0.5, 0.6) is 5.75 Å². The standard InChI is InChI=1S/C14H16O3/c1-9(15)17-12-7-5-4-6-10(12)13(16)11-8-14(11,2)3/h4-7,11H,8H2,1-3H3. The van der Waals surface area contributed by atoms with Gasteiger partial charge < -0.3 is 4.74 Å². The smallest absolute Gasteiger partial charge is 0.308 e. The van der Waals surface area contributed by atoms with E-state index in [2.05, 4.69) is 13.8 Å². The largest absolute Gasteiger partial charge is 0.426 e. The van der Waals surface area contributed by atoms with Crippen LogP contribution in [0, 0.1) is 11.3 Å². The molecule has 1 aliphatic carbocycles. The van der Waals surface area contributed by atoms with E-state index in [4.69, 9.17) is 4.74 Å². The van der Waals surface area contributed by atoms with Crippen molar-refractivity contribution in [1.82, 2.24) is 0 Å². The minimum Gasteiger partial charge on any atom is -0.426 e. The highest BCUT2D eigenvalue weighted by Gasteiger charge is 2.50. The third kappa shape index (κ3) is 2.38. The zero-order chi connectivity index (χ0) is 12.6. The minimum absolute atomic E-state index is 0.0548. The van der Waals surface area contributed by atoms with Crippen LogP contribution >= 0.6 is 0 Å². The Balaban J connectivity index is 2.26. The van der Waals surface area contributed by atoms with Crippen LogP contribution < -0.4 is 4.74 Å². The Bertz CT molecular complexity index is 474. The molecule has 3 nitrogen and oxygen atoms in total. The molecule has 17 heavy (non-hydrogen) atoms. The van der Waals surface area contributed by atoms with Crippen molar-refractivity contribution in [2.75, 3.05) is 0 Å². The molecule has 0 bridgehead atoms. The van der Waals surface area contributed by atoms with E-state index in [0.29, 0.717) is 11.3 Å². The topological polar surface area (TPSA) is 43.4 Å². The van der Waals surface area contributed by atoms with Crippen molar-refractivity contribution in [1.29, 1.82) is 0 Å². The molecular weight excluding hydrogens is 216 g/mol. The summed E-state index contributed by atoms with van der Waals surface area (Å²) in [5.41, 5.74) is 0.596. The molecule has 2 rings (SSSR count). The monoisotopic (exact) mass is 232 g/mol. The number of esters is 1. The Morgan fingerprint density at radius 1 is 1.29 bits per heavy atom. The molecule has 90 valence electrons. The number of ketones is 1. The van der Waals surface area contributed by atoms with Gasteiger partial charge in [-0.05, 0) is 24.0 Å². The van der Waals surface area contributed by atoms with Crippen molar-refractivity contribution in [3.63, 3.8) is 0 Å². The van der Waals surface area contributed by atoms with E-state index in [0.717, 1.165) is 6.42 Å². The summed E-state index contributed by atoms with van der Waals surface area (Å²) in [6.45, 7) is 5.48. The van der Waals surface area contributed by atoms with Crippen molar-refractivity contribution in [3.8, 4) is 5.75 Å². The fourth-order valence-electron chi connectivity index (χ4n) is 2.02. The lowest BCUT2D eigenvalue weighted by Crippen LogP contribution is -2.11. The summed E-state index contributed by atoms with van der Waals surface area (Å²) >= 11 is 0. The Morgan fingerprint density at radius 3 is 2.41 bits per heavy atom. The van der Waals surface area contributed by atoms with Gasteiger partial charge in [0.15, 0.2) is 5.78 Å². The summed E-state index contributed by atoms with van der Waals surface area (Å²) < 4.78 is 5.05. The lowest BCUT2D eigenvalue weighted by atomic mass is 10.0. The highest BCUT2D eigenvalue weighted by Crippen LogP contribution is 2.53. The number of para-hydroxylation sites is 1. The number of benzene rings is 1. The Hall–Kier alpha value is -1.64. The summed E-state index contributed by atoms with van der Waals surface area (Å²) in [4.78, 5) is 23.2. The van der Waals surface area contributed by atoms with E-state index < -0.39 is 5.97 Å². The number of ether oxygens (including phenoxy) is 1. The van der Waals surface area contributed by atoms with Gasteiger partial charge in [0, 0.05) is 12.8 Å². The Morgan fingerprint density at radius 2 is 1.88 bits per heavy atom. The highest BCUT2D eigenvalue weighted by molar-refractivity contribution is 6.02. The molecule has 1 unspecified atom stereocenters. The van der Waals surface area contributed by atoms with Crippen LogP contribution in [0.2, 0.25) is 0 Å². The second-order valence-corrected chi connectivity index (χ2v) is 5.20. The lowest BCUT2D eigenvalue weighted by molar-refractivity contribution is -0.131. The van der Waals surface area contributed by atoms with Gasteiger partial charge in [0.1, 0.15) is 5.75 Å². The molecule has 1 atom stereocenters. The maximum absolute atomic E-state index is 12.2. The Labute approximate surface area is 101 Å². The number of Topliss-reactive ketones (excluding diaryl/α,β-unsaturated/α-hetero) is 1. The fraction of sp³-hybridized carbons (Fsp3) is 0.429. The predicted octanol–water partition coefficient (Wildman–Crippen LogP) is 2.84. The number of carbonyl (C=O) groups is 2. The number of carbonyl (C=O) groups excluding carboxylic acids is 2. The molecule has 0 amide bonds. The molecule has 0 aliphatic heterocycles. The number of hydrogen-bond acceptors (Lipinski definition) is 3. The van der Waals surface area contributed by atoms with E-state index in [1.165, 1.54) is 6.92 Å². The first-order valence-corrected chi connectivity index (χ1v) is 5.73. The van der Waals surface area contributed by atoms with Crippen molar-refractivity contribution < 1.29 is 14.3 Å². The maximum atomic E-state index is 12.2. The molecule has 1 fully saturated rings. The van der Waals surface area contributed by atoms with E-state index in [1.807, 2.05) is 0 Å². The number of hydrogen-bond donors (Lipinski definition) is 0. The molecule has 1 saturated carbocycles. The molecule has 0 N–H and O–H groups in total. The van der Waals surface area contributed by atoms with Crippen LogP contribution in [0.15, 0.2) is 24.3 Å². The number of rotatable bonds is 3. The summed E-state index contributed by atoms with van der Waals surface area (Å²) in [7, 11) is 0. The average Bonchev–Trinajstić information content (AvgIpc) is 2.87. The first-order chi connectivity index (χ1) is 7.92. The SMILES string of the molecule is CC(=O)Oc1ccccc1C(=O)C1CC1(C)C. The van der Waals surface area contributed by atoms with Gasteiger partial charge in [-0.2, -0.15) is 0 Å². The quantitative estimate of drug-likeness (QED) is 0.457. The van der Waals surface area contributed by atoms with Crippen LogP contribution in [-0.4, -0.2) is 11.8 Å². The zero-order valence-corrected chi connectivity index (χ0v) is 10.3. The Kier molecular flexibility index (Phi) is 2.77. The minimum atomic E-state index is -0.402. The van der Waals surface area contributed by atoms with Crippen molar-refractivity contribution in [2.45, 2.75) is 27.2 Å². The molecule has 0 heterocycles. The van der Waals surface area contributed by atoms with Gasteiger partial charge in [0.25, 0.3) is 0 Å². The second-order valence-electron chi connectivity index (χ2n) is 5.20. The van der Waals surface area contributed by atoms with Crippen molar-refractivity contribution >= 4 is 11.8 Å². The fourth-order valence-corrected chi connectivity index (χ4v) is 2.02. The van der Waals surface area contributed by atoms with Crippen LogP contribution in [0.4, 0.5) is 0 Å². The summed E-state index contributed by atoms with van der Waals surface area (Å²) in [6.07, 6.45) is 0.903. The van der Waals surface area contributed by atoms with Gasteiger partial charge in [-0.1, -0.05) is 26.0 Å². The van der Waals surface area contributed by atoms with Crippen molar-refractivity contribution in [2.24, 2.45) is 11.3 Å². The maximum Gasteiger partial charge on any atom is 0.308 e. The van der Waals surface area contributed by atoms with E-state index >= 15 is 0 Å². The molecule has 1 aromatic rings. The molecular formula is C14H16O3. The van der Waals surface area contributed by atoms with E-state index in [1.54, 1.807) is 24.3 Å². The van der Waals surface area contributed by atoms with E-state index in [-0.39, 0.29) is 17.1 Å². The molecule has 1 aliphatic rings. The van der Waals surface area contributed by atoms with E-state index in [9.17, 15) is 9.59 Å².